The zero-order valence-corrected chi connectivity index (χ0v) is 19.9. The maximum Gasteiger partial charge on any atom is 0.191 e. The van der Waals surface area contributed by atoms with Gasteiger partial charge in [0.25, 0.3) is 0 Å². The predicted octanol–water partition coefficient (Wildman–Crippen LogP) is 1.23. The number of nitrogens with two attached hydrogens (primary N) is 1. The number of aliphatic imine (C=N–C) groups is 1. The number of halogens is 1. The maximum atomic E-state index is 11.6. The van der Waals surface area contributed by atoms with Crippen molar-refractivity contribution in [3.05, 3.63) is 41.6 Å². The zero-order valence-electron chi connectivity index (χ0n) is 16.7. The SMILES string of the molecule is CN=C(NCCCc1nn(-c2ccccc2)c(N)c1C#N)NC1CCS(=O)(=O)C1.I. The lowest BCUT2D eigenvalue weighted by Gasteiger charge is -2.15. The number of sulfone groups is 1. The average Bonchev–Trinajstić information content (AvgIpc) is 3.22. The van der Waals surface area contributed by atoms with Crippen molar-refractivity contribution >= 4 is 45.6 Å². The van der Waals surface area contributed by atoms with Crippen molar-refractivity contribution in [1.82, 2.24) is 20.4 Å². The second kappa shape index (κ2) is 10.6. The van der Waals surface area contributed by atoms with Crippen molar-refractivity contribution in [2.75, 3.05) is 30.8 Å². The van der Waals surface area contributed by atoms with Crippen LogP contribution in [0.4, 0.5) is 5.82 Å². The Morgan fingerprint density at radius 2 is 2.13 bits per heavy atom. The van der Waals surface area contributed by atoms with Gasteiger partial charge in [-0.1, -0.05) is 18.2 Å². The van der Waals surface area contributed by atoms with E-state index in [1.807, 2.05) is 30.3 Å². The van der Waals surface area contributed by atoms with Gasteiger partial charge in [-0.25, -0.2) is 13.1 Å². The molecule has 0 spiro atoms. The summed E-state index contributed by atoms with van der Waals surface area (Å²) >= 11 is 0. The van der Waals surface area contributed by atoms with E-state index in [1.54, 1.807) is 11.7 Å². The summed E-state index contributed by atoms with van der Waals surface area (Å²) in [5.74, 6) is 1.25. The van der Waals surface area contributed by atoms with Crippen LogP contribution in [0.5, 0.6) is 0 Å². The average molecular weight is 543 g/mol. The quantitative estimate of drug-likeness (QED) is 0.216. The van der Waals surface area contributed by atoms with Crippen LogP contribution in [-0.2, 0) is 16.3 Å². The number of nitrogens with one attached hydrogen (secondary N) is 2. The molecule has 11 heteroatoms. The van der Waals surface area contributed by atoms with Crippen molar-refractivity contribution in [3.8, 4) is 11.8 Å². The summed E-state index contributed by atoms with van der Waals surface area (Å²) in [6.45, 7) is 0.599. The first-order valence-electron chi connectivity index (χ1n) is 9.44. The molecule has 1 saturated heterocycles. The molecule has 9 nitrogen and oxygen atoms in total. The fraction of sp³-hybridized carbons (Fsp3) is 0.421. The molecular weight excluding hydrogens is 517 g/mol. The first-order valence-corrected chi connectivity index (χ1v) is 11.3. The number of anilines is 1. The van der Waals surface area contributed by atoms with Crippen molar-refractivity contribution in [2.24, 2.45) is 4.99 Å². The van der Waals surface area contributed by atoms with E-state index in [0.29, 0.717) is 48.8 Å². The summed E-state index contributed by atoms with van der Waals surface area (Å²) in [6.07, 6.45) is 1.88. The molecule has 3 rings (SSSR count). The molecule has 1 aliphatic heterocycles. The van der Waals surface area contributed by atoms with Gasteiger partial charge in [0.1, 0.15) is 17.5 Å². The van der Waals surface area contributed by atoms with Gasteiger partial charge in [-0.3, -0.25) is 4.99 Å². The Hall–Kier alpha value is -2.33. The minimum Gasteiger partial charge on any atom is -0.382 e. The smallest absolute Gasteiger partial charge is 0.191 e. The molecule has 2 heterocycles. The van der Waals surface area contributed by atoms with Crippen LogP contribution in [0.2, 0.25) is 0 Å². The minimum atomic E-state index is -2.94. The fourth-order valence-corrected chi connectivity index (χ4v) is 4.97. The third-order valence-electron chi connectivity index (χ3n) is 4.79. The van der Waals surface area contributed by atoms with Crippen LogP contribution < -0.4 is 16.4 Å². The summed E-state index contributed by atoms with van der Waals surface area (Å²) in [5, 5.41) is 20.3. The van der Waals surface area contributed by atoms with Gasteiger partial charge in [0.2, 0.25) is 0 Å². The molecule has 0 amide bonds. The number of aryl methyl sites for hydroxylation is 1. The predicted molar refractivity (Wildman–Crippen MR) is 128 cm³/mol. The number of nitriles is 1. The molecule has 4 N–H and O–H groups in total. The topological polar surface area (TPSA) is 138 Å². The Kier molecular flexibility index (Phi) is 8.48. The number of nitrogens with zero attached hydrogens (tertiary/aromatic N) is 4. The number of para-hydroxylation sites is 1. The third-order valence-corrected chi connectivity index (χ3v) is 6.55. The fourth-order valence-electron chi connectivity index (χ4n) is 3.30. The third kappa shape index (κ3) is 5.85. The molecule has 1 aromatic carbocycles. The summed E-state index contributed by atoms with van der Waals surface area (Å²) in [4.78, 5) is 4.14. The standard InChI is InChI=1S/C19H25N7O2S.HI/c1-22-19(24-14-9-11-29(27,28)13-14)23-10-5-8-17-16(12-20)18(21)26(25-17)15-6-3-2-4-7-15;/h2-4,6-7,14H,5,8-11,13,21H2,1H3,(H2,22,23,24);1H. The van der Waals surface area contributed by atoms with Crippen molar-refractivity contribution in [3.63, 3.8) is 0 Å². The molecule has 1 atom stereocenters. The molecule has 1 aromatic heterocycles. The molecule has 30 heavy (non-hydrogen) atoms. The molecular formula is C19H26IN7O2S. The number of guanidine groups is 1. The molecule has 1 aliphatic rings. The maximum absolute atomic E-state index is 11.6. The van der Waals surface area contributed by atoms with E-state index in [-0.39, 0.29) is 41.5 Å². The lowest BCUT2D eigenvalue weighted by atomic mass is 10.1. The number of nitrogen functional groups attached to an aromatic ring is 1. The highest BCUT2D eigenvalue weighted by atomic mass is 127. The van der Waals surface area contributed by atoms with E-state index in [1.165, 1.54) is 0 Å². The summed E-state index contributed by atoms with van der Waals surface area (Å²) in [5.41, 5.74) is 7.97. The van der Waals surface area contributed by atoms with E-state index in [0.717, 1.165) is 5.69 Å². The monoisotopic (exact) mass is 543 g/mol. The van der Waals surface area contributed by atoms with Crippen LogP contribution in [0.3, 0.4) is 0 Å². The number of benzene rings is 1. The lowest BCUT2D eigenvalue weighted by Crippen LogP contribution is -2.44. The van der Waals surface area contributed by atoms with Gasteiger partial charge in [-0.15, -0.1) is 24.0 Å². The van der Waals surface area contributed by atoms with Crippen molar-refractivity contribution < 1.29 is 8.42 Å². The highest BCUT2D eigenvalue weighted by Gasteiger charge is 2.28. The van der Waals surface area contributed by atoms with Gasteiger partial charge in [0.05, 0.1) is 22.9 Å². The Balaban J connectivity index is 0.00000320. The normalized spacial score (nSPS) is 17.7. The Morgan fingerprint density at radius 1 is 1.40 bits per heavy atom. The van der Waals surface area contributed by atoms with Crippen LogP contribution in [0.1, 0.15) is 24.1 Å². The molecule has 0 bridgehead atoms. The van der Waals surface area contributed by atoms with E-state index in [2.05, 4.69) is 26.8 Å². The second-order valence-electron chi connectivity index (χ2n) is 6.91. The first-order chi connectivity index (χ1) is 13.9. The van der Waals surface area contributed by atoms with Crippen LogP contribution >= 0.6 is 24.0 Å². The van der Waals surface area contributed by atoms with Gasteiger partial charge < -0.3 is 16.4 Å². The van der Waals surface area contributed by atoms with Gasteiger partial charge in [-0.05, 0) is 31.4 Å². The Labute approximate surface area is 193 Å². The van der Waals surface area contributed by atoms with Crippen LogP contribution in [0.25, 0.3) is 5.69 Å². The molecule has 1 fully saturated rings. The minimum absolute atomic E-state index is 0. The highest BCUT2D eigenvalue weighted by molar-refractivity contribution is 14.0. The van der Waals surface area contributed by atoms with Crippen LogP contribution in [-0.4, -0.2) is 55.3 Å². The molecule has 0 radical (unpaired) electrons. The van der Waals surface area contributed by atoms with Crippen LogP contribution in [0, 0.1) is 11.3 Å². The Morgan fingerprint density at radius 3 is 2.73 bits per heavy atom. The van der Waals surface area contributed by atoms with Gasteiger partial charge in [0, 0.05) is 19.6 Å². The van der Waals surface area contributed by atoms with E-state index in [9.17, 15) is 13.7 Å². The van der Waals surface area contributed by atoms with E-state index >= 15 is 0 Å². The van der Waals surface area contributed by atoms with Gasteiger partial charge in [-0.2, -0.15) is 10.4 Å². The Bertz CT molecular complexity index is 1030. The van der Waals surface area contributed by atoms with Crippen LogP contribution in [0.15, 0.2) is 35.3 Å². The number of hydrogen-bond donors (Lipinski definition) is 3. The van der Waals surface area contributed by atoms with Gasteiger partial charge in [0.15, 0.2) is 15.8 Å². The molecule has 162 valence electrons. The largest absolute Gasteiger partial charge is 0.382 e. The molecule has 2 aromatic rings. The first kappa shape index (κ1) is 23.9. The lowest BCUT2D eigenvalue weighted by molar-refractivity contribution is 0.599. The van der Waals surface area contributed by atoms with Crippen molar-refractivity contribution in [1.29, 1.82) is 5.26 Å². The highest BCUT2D eigenvalue weighted by Crippen LogP contribution is 2.21. The number of aromatic nitrogens is 2. The number of rotatable bonds is 6. The van der Waals surface area contributed by atoms with Crippen molar-refractivity contribution in [2.45, 2.75) is 25.3 Å². The second-order valence-corrected chi connectivity index (χ2v) is 9.14. The number of hydrogen-bond acceptors (Lipinski definition) is 6. The summed E-state index contributed by atoms with van der Waals surface area (Å²) < 4.78 is 24.7. The summed E-state index contributed by atoms with van der Waals surface area (Å²) in [7, 11) is -1.29. The van der Waals surface area contributed by atoms with E-state index < -0.39 is 9.84 Å². The van der Waals surface area contributed by atoms with E-state index in [4.69, 9.17) is 5.73 Å². The molecule has 0 aliphatic carbocycles. The molecule has 1 unspecified atom stereocenters. The summed E-state index contributed by atoms with van der Waals surface area (Å²) in [6, 6.07) is 11.5. The van der Waals surface area contributed by atoms with Gasteiger partial charge >= 0.3 is 0 Å². The zero-order chi connectivity index (χ0) is 20.9. The molecule has 0 saturated carbocycles.